The summed E-state index contributed by atoms with van der Waals surface area (Å²) in [7, 11) is 0. The first-order valence-corrected chi connectivity index (χ1v) is 5.43. The molecular formula is C10H16N2O5. The van der Waals surface area contributed by atoms with Crippen molar-refractivity contribution in [1.29, 1.82) is 0 Å². The molecule has 0 saturated carbocycles. The Hall–Kier alpha value is -1.79. The van der Waals surface area contributed by atoms with E-state index in [0.29, 0.717) is 6.54 Å². The fourth-order valence-corrected chi connectivity index (χ4v) is 1.84. The maximum Gasteiger partial charge on any atom is 0.326 e. The Balaban J connectivity index is 2.57. The molecule has 96 valence electrons. The molecule has 1 rings (SSSR count). The first kappa shape index (κ1) is 13.3. The number of rotatable bonds is 4. The predicted molar refractivity (Wildman–Crippen MR) is 57.6 cm³/mol. The minimum Gasteiger partial charge on any atom is -0.481 e. The van der Waals surface area contributed by atoms with E-state index in [1.54, 1.807) is 0 Å². The highest BCUT2D eigenvalue weighted by Gasteiger charge is 2.29. The van der Waals surface area contributed by atoms with Crippen LogP contribution in [-0.4, -0.2) is 51.7 Å². The van der Waals surface area contributed by atoms with E-state index in [4.69, 9.17) is 10.2 Å². The summed E-state index contributed by atoms with van der Waals surface area (Å²) in [4.78, 5) is 34.5. The van der Waals surface area contributed by atoms with Gasteiger partial charge in [-0.3, -0.25) is 4.79 Å². The molecule has 0 bridgehead atoms. The molecule has 0 radical (unpaired) electrons. The van der Waals surface area contributed by atoms with Crippen LogP contribution < -0.4 is 5.32 Å². The molecular weight excluding hydrogens is 228 g/mol. The lowest BCUT2D eigenvalue weighted by molar-refractivity contribution is -0.145. The number of amides is 2. The molecule has 2 atom stereocenters. The van der Waals surface area contributed by atoms with Crippen molar-refractivity contribution in [2.75, 3.05) is 6.54 Å². The van der Waals surface area contributed by atoms with E-state index in [0.717, 1.165) is 12.8 Å². The van der Waals surface area contributed by atoms with E-state index >= 15 is 0 Å². The van der Waals surface area contributed by atoms with Gasteiger partial charge < -0.3 is 20.4 Å². The number of carbonyl (C=O) groups excluding carboxylic acids is 1. The Morgan fingerprint density at radius 3 is 2.47 bits per heavy atom. The minimum atomic E-state index is -1.38. The summed E-state index contributed by atoms with van der Waals surface area (Å²) in [5.74, 6) is -2.60. The van der Waals surface area contributed by atoms with Gasteiger partial charge in [0.1, 0.15) is 6.04 Å². The topological polar surface area (TPSA) is 107 Å². The number of hydrogen-bond donors (Lipinski definition) is 3. The van der Waals surface area contributed by atoms with Crippen molar-refractivity contribution in [2.24, 2.45) is 0 Å². The second kappa shape index (κ2) is 5.51. The van der Waals surface area contributed by atoms with Gasteiger partial charge >= 0.3 is 18.0 Å². The van der Waals surface area contributed by atoms with Gasteiger partial charge in [0.2, 0.25) is 0 Å². The Morgan fingerprint density at radius 1 is 1.41 bits per heavy atom. The molecule has 2 amide bonds. The minimum absolute atomic E-state index is 0.0641. The van der Waals surface area contributed by atoms with Gasteiger partial charge in [0.05, 0.1) is 6.42 Å². The Bertz CT molecular complexity index is 331. The van der Waals surface area contributed by atoms with Crippen LogP contribution >= 0.6 is 0 Å². The Morgan fingerprint density at radius 2 is 2.06 bits per heavy atom. The van der Waals surface area contributed by atoms with Crippen LogP contribution in [0.1, 0.15) is 26.2 Å². The number of aliphatic carboxylic acids is 2. The largest absolute Gasteiger partial charge is 0.481 e. The van der Waals surface area contributed by atoms with Gasteiger partial charge in [0.15, 0.2) is 0 Å². The van der Waals surface area contributed by atoms with Gasteiger partial charge in [-0.15, -0.1) is 0 Å². The summed E-state index contributed by atoms with van der Waals surface area (Å²) >= 11 is 0. The lowest BCUT2D eigenvalue weighted by atomic mass is 10.2. The number of nitrogens with one attached hydrogen (secondary N) is 1. The molecule has 1 unspecified atom stereocenters. The van der Waals surface area contributed by atoms with E-state index in [1.807, 2.05) is 6.92 Å². The standard InChI is InChI=1S/C10H16N2O5/c1-6-3-2-4-12(6)10(17)11-7(9(15)16)5-8(13)14/h6-7H,2-5H2,1H3,(H,11,17)(H,13,14)(H,15,16)/t6?,7-/m0/s1. The van der Waals surface area contributed by atoms with E-state index < -0.39 is 30.4 Å². The lowest BCUT2D eigenvalue weighted by Gasteiger charge is -2.23. The smallest absolute Gasteiger partial charge is 0.326 e. The van der Waals surface area contributed by atoms with Crippen LogP contribution in [0, 0.1) is 0 Å². The van der Waals surface area contributed by atoms with Crippen LogP contribution in [0.25, 0.3) is 0 Å². The van der Waals surface area contributed by atoms with Gasteiger partial charge in [0.25, 0.3) is 0 Å². The summed E-state index contributed by atoms with van der Waals surface area (Å²) in [5, 5.41) is 19.5. The number of nitrogens with zero attached hydrogens (tertiary/aromatic N) is 1. The van der Waals surface area contributed by atoms with Crippen molar-refractivity contribution >= 4 is 18.0 Å². The molecule has 1 heterocycles. The van der Waals surface area contributed by atoms with Gasteiger partial charge in [-0.1, -0.05) is 0 Å². The van der Waals surface area contributed by atoms with E-state index in [1.165, 1.54) is 4.90 Å². The fourth-order valence-electron chi connectivity index (χ4n) is 1.84. The number of urea groups is 1. The molecule has 7 heteroatoms. The number of carbonyl (C=O) groups is 3. The third kappa shape index (κ3) is 3.61. The summed E-state index contributed by atoms with van der Waals surface area (Å²) in [5.41, 5.74) is 0. The molecule has 0 aromatic rings. The number of hydrogen-bond acceptors (Lipinski definition) is 3. The normalized spacial score (nSPS) is 21.0. The molecule has 1 saturated heterocycles. The summed E-state index contributed by atoms with van der Waals surface area (Å²) in [6, 6.07) is -1.83. The zero-order valence-corrected chi connectivity index (χ0v) is 9.55. The third-order valence-corrected chi connectivity index (χ3v) is 2.79. The van der Waals surface area contributed by atoms with Crippen LogP contribution in [0.4, 0.5) is 4.79 Å². The van der Waals surface area contributed by atoms with Crippen LogP contribution in [0.2, 0.25) is 0 Å². The lowest BCUT2D eigenvalue weighted by Crippen LogP contribution is -2.49. The molecule has 1 aliphatic heterocycles. The highest BCUT2D eigenvalue weighted by atomic mass is 16.4. The fraction of sp³-hybridized carbons (Fsp3) is 0.700. The highest BCUT2D eigenvalue weighted by Crippen LogP contribution is 2.16. The molecule has 0 aliphatic carbocycles. The van der Waals surface area contributed by atoms with Crippen molar-refractivity contribution in [2.45, 2.75) is 38.3 Å². The van der Waals surface area contributed by atoms with E-state index in [9.17, 15) is 14.4 Å². The predicted octanol–water partition coefficient (Wildman–Crippen LogP) is 0.108. The summed E-state index contributed by atoms with van der Waals surface area (Å²) in [6.45, 7) is 2.45. The quantitative estimate of drug-likeness (QED) is 0.650. The van der Waals surface area contributed by atoms with Crippen molar-refractivity contribution in [1.82, 2.24) is 10.2 Å². The molecule has 7 nitrogen and oxygen atoms in total. The first-order valence-electron chi connectivity index (χ1n) is 5.43. The van der Waals surface area contributed by atoms with Crippen LogP contribution in [0.5, 0.6) is 0 Å². The zero-order valence-electron chi connectivity index (χ0n) is 9.55. The molecule has 17 heavy (non-hydrogen) atoms. The van der Waals surface area contributed by atoms with Crippen molar-refractivity contribution < 1.29 is 24.6 Å². The SMILES string of the molecule is CC1CCCN1C(=O)N[C@@H](CC(=O)O)C(=O)O. The van der Waals surface area contributed by atoms with E-state index in [-0.39, 0.29) is 6.04 Å². The van der Waals surface area contributed by atoms with E-state index in [2.05, 4.69) is 5.32 Å². The average Bonchev–Trinajstić information content (AvgIpc) is 2.62. The van der Waals surface area contributed by atoms with Gasteiger partial charge in [-0.25, -0.2) is 9.59 Å². The molecule has 0 spiro atoms. The number of likely N-dealkylation sites (tertiary alicyclic amines) is 1. The Labute approximate surface area is 98.4 Å². The molecule has 0 aromatic heterocycles. The van der Waals surface area contributed by atoms with Gasteiger partial charge in [-0.2, -0.15) is 0 Å². The van der Waals surface area contributed by atoms with Crippen LogP contribution in [0.15, 0.2) is 0 Å². The molecule has 0 aromatic carbocycles. The summed E-state index contributed by atoms with van der Waals surface area (Å²) in [6.07, 6.45) is 1.14. The Kier molecular flexibility index (Phi) is 4.30. The van der Waals surface area contributed by atoms with Crippen LogP contribution in [-0.2, 0) is 9.59 Å². The summed E-state index contributed by atoms with van der Waals surface area (Å²) < 4.78 is 0. The second-order valence-electron chi connectivity index (χ2n) is 4.12. The zero-order chi connectivity index (χ0) is 13.0. The number of carboxylic acid groups (broad SMARTS) is 2. The van der Waals surface area contributed by atoms with Crippen LogP contribution in [0.3, 0.4) is 0 Å². The molecule has 1 aliphatic rings. The highest BCUT2D eigenvalue weighted by molar-refractivity contribution is 5.86. The van der Waals surface area contributed by atoms with Gasteiger partial charge in [-0.05, 0) is 19.8 Å². The first-order chi connectivity index (χ1) is 7.91. The average molecular weight is 244 g/mol. The maximum atomic E-state index is 11.7. The molecule has 3 N–H and O–H groups in total. The third-order valence-electron chi connectivity index (χ3n) is 2.79. The van der Waals surface area contributed by atoms with Crippen molar-refractivity contribution in [3.63, 3.8) is 0 Å². The van der Waals surface area contributed by atoms with Gasteiger partial charge in [0, 0.05) is 12.6 Å². The monoisotopic (exact) mass is 244 g/mol. The van der Waals surface area contributed by atoms with Crippen molar-refractivity contribution in [3.05, 3.63) is 0 Å². The second-order valence-corrected chi connectivity index (χ2v) is 4.12. The molecule has 1 fully saturated rings. The maximum absolute atomic E-state index is 11.7. The van der Waals surface area contributed by atoms with Crippen molar-refractivity contribution in [3.8, 4) is 0 Å². The number of carboxylic acids is 2.